The summed E-state index contributed by atoms with van der Waals surface area (Å²) in [5.41, 5.74) is 0. The van der Waals surface area contributed by atoms with E-state index in [1.54, 1.807) is 0 Å². The zero-order valence-electron chi connectivity index (χ0n) is 10.8. The second kappa shape index (κ2) is 8.81. The molecule has 0 saturated heterocycles. The van der Waals surface area contributed by atoms with Gasteiger partial charge in [0.25, 0.3) is 0 Å². The van der Waals surface area contributed by atoms with Gasteiger partial charge in [-0.05, 0) is 30.8 Å². The Hall–Kier alpha value is 0.700. The first kappa shape index (κ1) is 15.7. The van der Waals surface area contributed by atoms with E-state index >= 15 is 0 Å². The Labute approximate surface area is 105 Å². The van der Waals surface area contributed by atoms with Crippen molar-refractivity contribution in [2.24, 2.45) is 0 Å². The highest BCUT2D eigenvalue weighted by Gasteiger charge is 2.21. The van der Waals surface area contributed by atoms with Gasteiger partial charge in [0.1, 0.15) is 0 Å². The molecule has 0 spiro atoms. The quantitative estimate of drug-likeness (QED) is 0.524. The van der Waals surface area contributed by atoms with Crippen molar-refractivity contribution >= 4 is 23.5 Å². The number of unbranched alkanes of at least 4 members (excludes halogenated alkanes) is 1. The molecule has 1 atom stereocenters. The predicted molar refractivity (Wildman–Crippen MR) is 78.0 cm³/mol. The minimum atomic E-state index is 0.427. The van der Waals surface area contributed by atoms with Crippen LogP contribution in [0.25, 0.3) is 0 Å². The fraction of sp³-hybridized carbons (Fsp3) is 0.923. The van der Waals surface area contributed by atoms with Gasteiger partial charge in [-0.15, -0.1) is 0 Å². The van der Waals surface area contributed by atoms with E-state index in [4.69, 9.17) is 0 Å². The van der Waals surface area contributed by atoms with Crippen LogP contribution in [0.4, 0.5) is 0 Å². The average Bonchev–Trinajstić information content (AvgIpc) is 2.14. The van der Waals surface area contributed by atoms with E-state index in [0.717, 1.165) is 11.7 Å². The third-order valence-corrected chi connectivity index (χ3v) is 5.02. The molecule has 0 aromatic heterocycles. The van der Waals surface area contributed by atoms with Gasteiger partial charge in [-0.1, -0.05) is 41.0 Å². The van der Waals surface area contributed by atoms with E-state index in [0.29, 0.717) is 4.75 Å². The Bertz CT molecular complexity index is 143. The molecule has 1 unspecified atom stereocenters. The Morgan fingerprint density at radius 3 is 2.47 bits per heavy atom. The van der Waals surface area contributed by atoms with Crippen molar-refractivity contribution < 1.29 is 0 Å². The summed E-state index contributed by atoms with van der Waals surface area (Å²) in [6.07, 6.45) is 5.04. The molecule has 0 fully saturated rings. The Kier molecular flexibility index (Phi) is 9.22. The van der Waals surface area contributed by atoms with Gasteiger partial charge in [0.15, 0.2) is 0 Å². The van der Waals surface area contributed by atoms with Crippen LogP contribution in [0, 0.1) is 6.92 Å². The van der Waals surface area contributed by atoms with Gasteiger partial charge < -0.3 is 0 Å². The molecule has 0 amide bonds. The number of hydrogen-bond donors (Lipinski definition) is 0. The standard InChI is InChI=1S/C13H27S2/c1-6-8-10-14-12(3)11-13(4,5)15-9-7-2/h12H,2,6-11H2,1,3-5H3. The Morgan fingerprint density at radius 1 is 1.27 bits per heavy atom. The first-order chi connectivity index (χ1) is 7.02. The summed E-state index contributed by atoms with van der Waals surface area (Å²) in [4.78, 5) is 0. The van der Waals surface area contributed by atoms with Crippen molar-refractivity contribution in [1.29, 1.82) is 0 Å². The molecule has 0 rings (SSSR count). The van der Waals surface area contributed by atoms with Gasteiger partial charge in [0.05, 0.1) is 0 Å². The van der Waals surface area contributed by atoms with Crippen LogP contribution in [0.2, 0.25) is 0 Å². The van der Waals surface area contributed by atoms with Crippen molar-refractivity contribution in [3.63, 3.8) is 0 Å². The maximum Gasteiger partial charge on any atom is 0.0114 e. The molecule has 0 nitrogen and oxygen atoms in total. The summed E-state index contributed by atoms with van der Waals surface area (Å²) >= 11 is 4.20. The molecule has 0 heterocycles. The molecule has 0 saturated carbocycles. The van der Waals surface area contributed by atoms with Crippen molar-refractivity contribution in [2.75, 3.05) is 11.5 Å². The van der Waals surface area contributed by atoms with E-state index in [2.05, 4.69) is 58.1 Å². The predicted octanol–water partition coefficient (Wildman–Crippen LogP) is 5.03. The largest absolute Gasteiger partial charge is 0.159 e. The number of hydrogen-bond acceptors (Lipinski definition) is 2. The van der Waals surface area contributed by atoms with Gasteiger partial charge in [-0.25, -0.2) is 0 Å². The third-order valence-electron chi connectivity index (χ3n) is 2.32. The molecule has 0 N–H and O–H groups in total. The lowest BCUT2D eigenvalue weighted by Gasteiger charge is -2.27. The molecule has 0 aromatic rings. The summed E-state index contributed by atoms with van der Waals surface area (Å²) < 4.78 is 0.427. The van der Waals surface area contributed by atoms with Crippen LogP contribution in [0.1, 0.15) is 53.4 Å². The molecule has 15 heavy (non-hydrogen) atoms. The van der Waals surface area contributed by atoms with Crippen molar-refractivity contribution in [2.45, 2.75) is 63.4 Å². The normalized spacial score (nSPS) is 14.2. The Balaban J connectivity index is 3.67. The smallest absolute Gasteiger partial charge is 0.0114 e. The molecular formula is C13H27S2. The summed E-state index contributed by atoms with van der Waals surface area (Å²) in [6, 6.07) is 0. The van der Waals surface area contributed by atoms with E-state index in [1.807, 2.05) is 0 Å². The monoisotopic (exact) mass is 247 g/mol. The van der Waals surface area contributed by atoms with E-state index < -0.39 is 0 Å². The molecule has 0 aliphatic heterocycles. The molecule has 0 bridgehead atoms. The van der Waals surface area contributed by atoms with Gasteiger partial charge in [0.2, 0.25) is 0 Å². The topological polar surface area (TPSA) is 0 Å². The van der Waals surface area contributed by atoms with Crippen LogP contribution in [0.5, 0.6) is 0 Å². The van der Waals surface area contributed by atoms with Gasteiger partial charge >= 0.3 is 0 Å². The molecular weight excluding hydrogens is 220 g/mol. The fourth-order valence-corrected chi connectivity index (χ4v) is 4.15. The summed E-state index contributed by atoms with van der Waals surface area (Å²) in [5, 5.41) is 0.795. The molecule has 0 aliphatic rings. The Morgan fingerprint density at radius 2 is 1.93 bits per heavy atom. The van der Waals surface area contributed by atoms with Crippen molar-refractivity contribution in [3.05, 3.63) is 6.92 Å². The maximum absolute atomic E-state index is 3.90. The third kappa shape index (κ3) is 9.62. The first-order valence-corrected chi connectivity index (χ1v) is 8.10. The van der Waals surface area contributed by atoms with E-state index in [1.165, 1.54) is 30.8 Å². The van der Waals surface area contributed by atoms with Crippen molar-refractivity contribution in [1.82, 2.24) is 0 Å². The van der Waals surface area contributed by atoms with Gasteiger partial charge in [-0.2, -0.15) is 23.5 Å². The van der Waals surface area contributed by atoms with Crippen LogP contribution in [-0.2, 0) is 0 Å². The first-order valence-electron chi connectivity index (χ1n) is 6.06. The average molecular weight is 247 g/mol. The van der Waals surface area contributed by atoms with Crippen LogP contribution in [0.3, 0.4) is 0 Å². The van der Waals surface area contributed by atoms with Crippen molar-refractivity contribution in [3.8, 4) is 0 Å². The number of thioether (sulfide) groups is 2. The lowest BCUT2D eigenvalue weighted by molar-refractivity contribution is 0.636. The van der Waals surface area contributed by atoms with Crippen LogP contribution in [-0.4, -0.2) is 21.5 Å². The summed E-state index contributed by atoms with van der Waals surface area (Å²) in [6.45, 7) is 13.3. The zero-order valence-corrected chi connectivity index (χ0v) is 12.5. The number of rotatable bonds is 9. The molecule has 2 heteroatoms. The molecule has 1 radical (unpaired) electrons. The van der Waals surface area contributed by atoms with Crippen LogP contribution in [0.15, 0.2) is 0 Å². The van der Waals surface area contributed by atoms with Gasteiger partial charge in [0, 0.05) is 10.00 Å². The van der Waals surface area contributed by atoms with Crippen LogP contribution >= 0.6 is 23.5 Å². The lowest BCUT2D eigenvalue weighted by Crippen LogP contribution is -2.20. The zero-order chi connectivity index (χ0) is 11.7. The fourth-order valence-electron chi connectivity index (χ4n) is 1.59. The van der Waals surface area contributed by atoms with E-state index in [-0.39, 0.29) is 0 Å². The highest BCUT2D eigenvalue weighted by Crippen LogP contribution is 2.33. The molecule has 91 valence electrons. The lowest BCUT2D eigenvalue weighted by atomic mass is 10.1. The highest BCUT2D eigenvalue weighted by molar-refractivity contribution is 8.01. The minimum absolute atomic E-state index is 0.427. The minimum Gasteiger partial charge on any atom is -0.159 e. The SMILES string of the molecule is [CH2]CCSC(C)(C)CC(C)SCCCC. The highest BCUT2D eigenvalue weighted by atomic mass is 32.2. The molecule has 0 aliphatic carbocycles. The second-order valence-electron chi connectivity index (χ2n) is 4.70. The second-order valence-corrected chi connectivity index (χ2v) is 8.05. The molecule has 0 aromatic carbocycles. The van der Waals surface area contributed by atoms with E-state index in [9.17, 15) is 0 Å². The summed E-state index contributed by atoms with van der Waals surface area (Å²) in [7, 11) is 0. The van der Waals surface area contributed by atoms with Crippen LogP contribution < -0.4 is 0 Å². The maximum atomic E-state index is 3.90. The van der Waals surface area contributed by atoms with Gasteiger partial charge in [-0.3, -0.25) is 0 Å². The summed E-state index contributed by atoms with van der Waals surface area (Å²) in [5.74, 6) is 2.52.